The zero-order valence-corrected chi connectivity index (χ0v) is 24.6. The number of aromatic nitrogens is 4. The molecule has 2 heterocycles. The third-order valence-corrected chi connectivity index (χ3v) is 6.96. The average molecular weight is 614 g/mol. The van der Waals surface area contributed by atoms with Crippen LogP contribution in [0.2, 0.25) is 0 Å². The number of rotatable bonds is 12. The Morgan fingerprint density at radius 3 is 1.59 bits per heavy atom. The van der Waals surface area contributed by atoms with Crippen molar-refractivity contribution >= 4 is 47.2 Å². The minimum Gasteiger partial charge on any atom is -0.349 e. The molecule has 2 aromatic heterocycles. The predicted octanol–water partition coefficient (Wildman–Crippen LogP) is 5.47. The molecule has 0 saturated heterocycles. The number of hydrogen-bond acceptors (Lipinski definition) is 9. The maximum atomic E-state index is 11.4. The SMILES string of the molecule is C.C.C.C.CC(=O)N(C)c1nccc(CSCCC(=O)N(C)C)n1.CCc1nccc(CSCCC(=O)N(C)C)n1. The minimum atomic E-state index is -0.105. The van der Waals surface area contributed by atoms with Crippen molar-refractivity contribution in [2.24, 2.45) is 0 Å². The van der Waals surface area contributed by atoms with Gasteiger partial charge >= 0.3 is 0 Å². The van der Waals surface area contributed by atoms with Crippen molar-refractivity contribution in [1.29, 1.82) is 0 Å². The van der Waals surface area contributed by atoms with Crippen molar-refractivity contribution in [3.63, 3.8) is 0 Å². The molecule has 0 aliphatic heterocycles. The van der Waals surface area contributed by atoms with E-state index in [1.54, 1.807) is 81.0 Å². The van der Waals surface area contributed by atoms with E-state index in [4.69, 9.17) is 0 Å². The first-order chi connectivity index (χ1) is 17.5. The molecule has 0 saturated carbocycles. The monoisotopic (exact) mass is 613 g/mol. The van der Waals surface area contributed by atoms with Crippen molar-refractivity contribution < 1.29 is 14.4 Å². The molecule has 41 heavy (non-hydrogen) atoms. The number of anilines is 1. The summed E-state index contributed by atoms with van der Waals surface area (Å²) >= 11 is 3.37. The van der Waals surface area contributed by atoms with E-state index in [2.05, 4.69) is 19.9 Å². The number of aryl methyl sites for hydroxylation is 1. The van der Waals surface area contributed by atoms with Gasteiger partial charge in [-0.05, 0) is 12.1 Å². The van der Waals surface area contributed by atoms with Gasteiger partial charge in [0, 0.05) is 96.8 Å². The Morgan fingerprint density at radius 2 is 1.17 bits per heavy atom. The smallest absolute Gasteiger partial charge is 0.232 e. The van der Waals surface area contributed by atoms with Crippen LogP contribution in [0, 0.1) is 0 Å². The first kappa shape index (κ1) is 45.3. The van der Waals surface area contributed by atoms with E-state index in [9.17, 15) is 14.4 Å². The lowest BCUT2D eigenvalue weighted by molar-refractivity contribution is -0.128. The second kappa shape index (κ2) is 25.0. The molecular formula is C29H55N7O3S2. The molecule has 0 spiro atoms. The quantitative estimate of drug-likeness (QED) is 0.288. The van der Waals surface area contributed by atoms with Crippen LogP contribution in [-0.4, -0.2) is 94.2 Å². The van der Waals surface area contributed by atoms with Crippen molar-refractivity contribution in [1.82, 2.24) is 29.7 Å². The molecule has 0 N–H and O–H groups in total. The number of amides is 3. The second-order valence-electron chi connectivity index (χ2n) is 8.43. The summed E-state index contributed by atoms with van der Waals surface area (Å²) in [5, 5.41) is 0. The lowest BCUT2D eigenvalue weighted by Crippen LogP contribution is -2.25. The Kier molecular flexibility index (Phi) is 27.6. The lowest BCUT2D eigenvalue weighted by Gasteiger charge is -2.13. The van der Waals surface area contributed by atoms with Gasteiger partial charge in [-0.25, -0.2) is 19.9 Å². The fraction of sp³-hybridized carbons (Fsp3) is 0.621. The van der Waals surface area contributed by atoms with Gasteiger partial charge in [0.25, 0.3) is 0 Å². The number of thioether (sulfide) groups is 2. The van der Waals surface area contributed by atoms with Crippen LogP contribution in [0.25, 0.3) is 0 Å². The van der Waals surface area contributed by atoms with Gasteiger partial charge in [0.1, 0.15) is 5.82 Å². The highest BCUT2D eigenvalue weighted by molar-refractivity contribution is 7.98. The minimum absolute atomic E-state index is 0. The first-order valence-corrected chi connectivity index (χ1v) is 14.3. The topological polar surface area (TPSA) is 112 Å². The van der Waals surface area contributed by atoms with Gasteiger partial charge in [0.15, 0.2) is 0 Å². The first-order valence-electron chi connectivity index (χ1n) is 12.0. The van der Waals surface area contributed by atoms with Crippen LogP contribution in [0.3, 0.4) is 0 Å². The molecule has 2 rings (SSSR count). The van der Waals surface area contributed by atoms with Crippen molar-refractivity contribution in [2.75, 3.05) is 51.6 Å². The summed E-state index contributed by atoms with van der Waals surface area (Å²) in [6, 6.07) is 3.75. The van der Waals surface area contributed by atoms with Crippen LogP contribution in [0.1, 0.15) is 73.6 Å². The number of carbonyl (C=O) groups excluding carboxylic acids is 3. The highest BCUT2D eigenvalue weighted by atomic mass is 32.2. The van der Waals surface area contributed by atoms with Crippen molar-refractivity contribution in [3.8, 4) is 0 Å². The van der Waals surface area contributed by atoms with Gasteiger partial charge in [0.05, 0.1) is 11.4 Å². The second-order valence-corrected chi connectivity index (χ2v) is 10.6. The molecular weight excluding hydrogens is 558 g/mol. The Hall–Kier alpha value is -2.73. The van der Waals surface area contributed by atoms with E-state index in [-0.39, 0.29) is 47.4 Å². The summed E-state index contributed by atoms with van der Waals surface area (Å²) in [7, 11) is 8.71. The maximum Gasteiger partial charge on any atom is 0.232 e. The van der Waals surface area contributed by atoms with E-state index >= 15 is 0 Å². The molecule has 0 radical (unpaired) electrons. The van der Waals surface area contributed by atoms with Crippen LogP contribution < -0.4 is 4.90 Å². The van der Waals surface area contributed by atoms with Gasteiger partial charge < -0.3 is 9.80 Å². The molecule has 3 amide bonds. The largest absolute Gasteiger partial charge is 0.349 e. The van der Waals surface area contributed by atoms with E-state index in [0.717, 1.165) is 40.9 Å². The standard InChI is InChI=1S/C13H20N4O2S.C12H19N3OS.4CH4/c1-10(18)17(4)13-14-7-5-11(15-13)9-20-8-6-12(19)16(2)3;1-4-11-13-7-5-10(14-11)9-17-8-6-12(16)15(2)3;;;;/h5,7H,6,8-9H2,1-4H3;5,7H,4,6,8-9H2,1-3H3;4*1H4. The normalized spacial score (nSPS) is 9.24. The molecule has 0 bridgehead atoms. The van der Waals surface area contributed by atoms with Crippen LogP contribution in [0.5, 0.6) is 0 Å². The van der Waals surface area contributed by atoms with Crippen LogP contribution in [0.15, 0.2) is 24.5 Å². The van der Waals surface area contributed by atoms with Gasteiger partial charge in [-0.15, -0.1) is 0 Å². The predicted molar refractivity (Wildman–Crippen MR) is 178 cm³/mol. The van der Waals surface area contributed by atoms with E-state index in [1.165, 1.54) is 11.8 Å². The maximum absolute atomic E-state index is 11.4. The molecule has 0 atom stereocenters. The van der Waals surface area contributed by atoms with Crippen LogP contribution >= 0.6 is 23.5 Å². The number of carbonyl (C=O) groups is 3. The Balaban J connectivity index is -0.000000307. The Labute approximate surface area is 258 Å². The molecule has 0 aromatic carbocycles. The fourth-order valence-electron chi connectivity index (χ4n) is 2.58. The average Bonchev–Trinajstić information content (AvgIpc) is 2.88. The summed E-state index contributed by atoms with van der Waals surface area (Å²) in [6.07, 6.45) is 5.40. The summed E-state index contributed by atoms with van der Waals surface area (Å²) in [5.74, 6) is 4.60. The van der Waals surface area contributed by atoms with Gasteiger partial charge in [-0.2, -0.15) is 23.5 Å². The number of hydrogen-bond donors (Lipinski definition) is 0. The molecule has 10 nitrogen and oxygen atoms in total. The molecule has 0 unspecified atom stereocenters. The van der Waals surface area contributed by atoms with E-state index in [1.807, 2.05) is 19.1 Å². The third kappa shape index (κ3) is 19.1. The van der Waals surface area contributed by atoms with Crippen LogP contribution in [-0.2, 0) is 32.3 Å². The molecule has 12 heteroatoms. The van der Waals surface area contributed by atoms with Gasteiger partial charge in [-0.1, -0.05) is 36.6 Å². The van der Waals surface area contributed by atoms with E-state index < -0.39 is 0 Å². The zero-order chi connectivity index (χ0) is 27.8. The summed E-state index contributed by atoms with van der Waals surface area (Å²) in [5.41, 5.74) is 1.89. The highest BCUT2D eigenvalue weighted by Gasteiger charge is 2.10. The van der Waals surface area contributed by atoms with Crippen molar-refractivity contribution in [3.05, 3.63) is 41.7 Å². The fourth-order valence-corrected chi connectivity index (χ4v) is 4.25. The highest BCUT2D eigenvalue weighted by Crippen LogP contribution is 2.14. The Bertz CT molecular complexity index is 1010. The molecule has 2 aromatic rings. The summed E-state index contributed by atoms with van der Waals surface area (Å²) in [4.78, 5) is 55.6. The van der Waals surface area contributed by atoms with Gasteiger partial charge in [0.2, 0.25) is 23.7 Å². The third-order valence-electron chi connectivity index (χ3n) is 4.97. The summed E-state index contributed by atoms with van der Waals surface area (Å²) < 4.78 is 0. The summed E-state index contributed by atoms with van der Waals surface area (Å²) in [6.45, 7) is 3.51. The zero-order valence-electron chi connectivity index (χ0n) is 22.9. The molecule has 0 aliphatic carbocycles. The molecule has 0 fully saturated rings. The van der Waals surface area contributed by atoms with Crippen molar-refractivity contribution in [2.45, 2.75) is 74.3 Å². The van der Waals surface area contributed by atoms with Crippen LogP contribution in [0.4, 0.5) is 5.95 Å². The lowest BCUT2D eigenvalue weighted by atomic mass is 10.4. The van der Waals surface area contributed by atoms with E-state index in [0.29, 0.717) is 24.5 Å². The molecule has 236 valence electrons. The molecule has 0 aliphatic rings. The van der Waals surface area contributed by atoms with Gasteiger partial charge in [-0.3, -0.25) is 19.3 Å². The number of nitrogens with zero attached hydrogens (tertiary/aromatic N) is 7. The Morgan fingerprint density at radius 1 is 0.732 bits per heavy atom.